The number of hydrogen-bond donors (Lipinski definition) is 0. The molecule has 108 valence electrons. The summed E-state index contributed by atoms with van der Waals surface area (Å²) in [7, 11) is 1.66. The molecule has 1 aliphatic carbocycles. The van der Waals surface area contributed by atoms with Crippen LogP contribution in [0.4, 0.5) is 0 Å². The van der Waals surface area contributed by atoms with Crippen LogP contribution in [0.15, 0.2) is 29.8 Å². The van der Waals surface area contributed by atoms with Crippen molar-refractivity contribution in [2.45, 2.75) is 32.6 Å². The maximum Gasteiger partial charge on any atom is 0.313 e. The summed E-state index contributed by atoms with van der Waals surface area (Å²) in [6.07, 6.45) is 6.26. The second-order valence-electron chi connectivity index (χ2n) is 5.04. The van der Waals surface area contributed by atoms with Gasteiger partial charge in [0, 0.05) is 0 Å². The van der Waals surface area contributed by atoms with Crippen LogP contribution in [0, 0.1) is 5.92 Å². The van der Waals surface area contributed by atoms with Crippen LogP contribution < -0.4 is 4.74 Å². The van der Waals surface area contributed by atoms with Gasteiger partial charge in [-0.25, -0.2) is 0 Å². The standard InChI is InChI=1S/C17H22O3/c1-3-20-17(18)16-7-5-4-6-14(16)12-13-8-10-15(19-2)11-9-13/h8-12,16H,3-7H2,1-2H3/b14-12+. The molecule has 0 N–H and O–H groups in total. The lowest BCUT2D eigenvalue weighted by Gasteiger charge is -2.23. The Morgan fingerprint density at radius 2 is 2.05 bits per heavy atom. The Morgan fingerprint density at radius 1 is 1.30 bits per heavy atom. The number of rotatable bonds is 4. The molecule has 0 bridgehead atoms. The second kappa shape index (κ2) is 7.13. The van der Waals surface area contributed by atoms with E-state index in [2.05, 4.69) is 6.08 Å². The lowest BCUT2D eigenvalue weighted by Crippen LogP contribution is -2.22. The lowest BCUT2D eigenvalue weighted by molar-refractivity contribution is -0.147. The van der Waals surface area contributed by atoms with Gasteiger partial charge in [-0.3, -0.25) is 4.79 Å². The van der Waals surface area contributed by atoms with Crippen LogP contribution in [0.2, 0.25) is 0 Å². The third kappa shape index (κ3) is 3.62. The first-order valence-electron chi connectivity index (χ1n) is 7.25. The molecule has 0 aliphatic heterocycles. The van der Waals surface area contributed by atoms with Crippen LogP contribution in [-0.2, 0) is 9.53 Å². The predicted octanol–water partition coefficient (Wildman–Crippen LogP) is 3.83. The average Bonchev–Trinajstić information content (AvgIpc) is 2.49. The molecule has 20 heavy (non-hydrogen) atoms. The molecule has 0 amide bonds. The van der Waals surface area contributed by atoms with Crippen LogP contribution >= 0.6 is 0 Å². The van der Waals surface area contributed by atoms with E-state index in [4.69, 9.17) is 9.47 Å². The highest BCUT2D eigenvalue weighted by Gasteiger charge is 2.26. The minimum atomic E-state index is -0.0769. The molecular weight excluding hydrogens is 252 g/mol. The smallest absolute Gasteiger partial charge is 0.313 e. The normalized spacial score (nSPS) is 20.7. The number of benzene rings is 1. The van der Waals surface area contributed by atoms with Crippen LogP contribution in [0.1, 0.15) is 38.2 Å². The van der Waals surface area contributed by atoms with Gasteiger partial charge in [-0.2, -0.15) is 0 Å². The monoisotopic (exact) mass is 274 g/mol. The zero-order valence-electron chi connectivity index (χ0n) is 12.2. The fraction of sp³-hybridized carbons (Fsp3) is 0.471. The van der Waals surface area contributed by atoms with E-state index < -0.39 is 0 Å². The molecule has 0 spiro atoms. The molecular formula is C17H22O3. The van der Waals surface area contributed by atoms with Crippen LogP contribution in [0.5, 0.6) is 5.75 Å². The molecule has 3 nitrogen and oxygen atoms in total. The first-order valence-corrected chi connectivity index (χ1v) is 7.25. The minimum Gasteiger partial charge on any atom is -0.497 e. The maximum atomic E-state index is 12.0. The van der Waals surface area contributed by atoms with Crippen molar-refractivity contribution < 1.29 is 14.3 Å². The van der Waals surface area contributed by atoms with E-state index in [1.165, 1.54) is 5.57 Å². The number of methoxy groups -OCH3 is 1. The SMILES string of the molecule is CCOC(=O)C1CCCC/C1=C\c1ccc(OC)cc1. The molecule has 2 rings (SSSR count). The van der Waals surface area contributed by atoms with Crippen molar-refractivity contribution in [2.24, 2.45) is 5.92 Å². The predicted molar refractivity (Wildman–Crippen MR) is 79.6 cm³/mol. The number of carbonyl (C=O) groups is 1. The summed E-state index contributed by atoms with van der Waals surface area (Å²) in [5.74, 6) is 0.704. The summed E-state index contributed by atoms with van der Waals surface area (Å²) < 4.78 is 10.3. The van der Waals surface area contributed by atoms with Crippen molar-refractivity contribution in [2.75, 3.05) is 13.7 Å². The third-order valence-electron chi connectivity index (χ3n) is 3.69. The van der Waals surface area contributed by atoms with E-state index in [0.717, 1.165) is 37.0 Å². The van der Waals surface area contributed by atoms with Crippen molar-refractivity contribution in [1.29, 1.82) is 0 Å². The van der Waals surface area contributed by atoms with E-state index >= 15 is 0 Å². The van der Waals surface area contributed by atoms with Gasteiger partial charge in [0.25, 0.3) is 0 Å². The van der Waals surface area contributed by atoms with Crippen molar-refractivity contribution in [1.82, 2.24) is 0 Å². The first kappa shape index (κ1) is 14.6. The number of hydrogen-bond acceptors (Lipinski definition) is 3. The number of carbonyl (C=O) groups excluding carboxylic acids is 1. The van der Waals surface area contributed by atoms with Crippen molar-refractivity contribution >= 4 is 12.0 Å². The summed E-state index contributed by atoms with van der Waals surface area (Å²) in [5.41, 5.74) is 2.30. The van der Waals surface area contributed by atoms with Crippen LogP contribution in [0.25, 0.3) is 6.08 Å². The molecule has 0 saturated heterocycles. The van der Waals surface area contributed by atoms with Gasteiger partial charge in [-0.05, 0) is 43.9 Å². The van der Waals surface area contributed by atoms with Gasteiger partial charge in [-0.1, -0.05) is 30.2 Å². The molecule has 0 aromatic heterocycles. The summed E-state index contributed by atoms with van der Waals surface area (Å²) >= 11 is 0. The Morgan fingerprint density at radius 3 is 2.70 bits per heavy atom. The summed E-state index contributed by atoms with van der Waals surface area (Å²) in [6.45, 7) is 2.30. The van der Waals surface area contributed by atoms with Gasteiger partial charge in [0.05, 0.1) is 19.6 Å². The molecule has 1 aromatic carbocycles. The Kier molecular flexibility index (Phi) is 5.22. The average molecular weight is 274 g/mol. The van der Waals surface area contributed by atoms with Crippen molar-refractivity contribution in [3.8, 4) is 5.75 Å². The van der Waals surface area contributed by atoms with E-state index in [-0.39, 0.29) is 11.9 Å². The fourth-order valence-corrected chi connectivity index (χ4v) is 2.64. The topological polar surface area (TPSA) is 35.5 Å². The lowest BCUT2D eigenvalue weighted by atomic mass is 9.83. The molecule has 3 heteroatoms. The molecule has 1 aromatic rings. The zero-order valence-corrected chi connectivity index (χ0v) is 12.2. The highest BCUT2D eigenvalue weighted by molar-refractivity contribution is 5.78. The Labute approximate surface area is 120 Å². The van der Waals surface area contributed by atoms with Gasteiger partial charge in [0.2, 0.25) is 0 Å². The zero-order chi connectivity index (χ0) is 14.4. The Balaban J connectivity index is 2.17. The van der Waals surface area contributed by atoms with Gasteiger partial charge in [-0.15, -0.1) is 0 Å². The molecule has 1 atom stereocenters. The second-order valence-corrected chi connectivity index (χ2v) is 5.04. The molecule has 1 saturated carbocycles. The molecule has 1 unspecified atom stereocenters. The van der Waals surface area contributed by atoms with Gasteiger partial charge in [0.15, 0.2) is 0 Å². The Bertz CT molecular complexity index is 474. The van der Waals surface area contributed by atoms with Crippen LogP contribution in [-0.4, -0.2) is 19.7 Å². The van der Waals surface area contributed by atoms with Gasteiger partial charge >= 0.3 is 5.97 Å². The van der Waals surface area contributed by atoms with E-state index in [0.29, 0.717) is 6.61 Å². The third-order valence-corrected chi connectivity index (χ3v) is 3.69. The van der Waals surface area contributed by atoms with Crippen molar-refractivity contribution in [3.63, 3.8) is 0 Å². The van der Waals surface area contributed by atoms with E-state index in [9.17, 15) is 4.79 Å². The summed E-state index contributed by atoms with van der Waals surface area (Å²) in [4.78, 5) is 12.0. The van der Waals surface area contributed by atoms with Crippen molar-refractivity contribution in [3.05, 3.63) is 35.4 Å². The number of ether oxygens (including phenoxy) is 2. The summed E-state index contributed by atoms with van der Waals surface area (Å²) in [6, 6.07) is 7.91. The van der Waals surface area contributed by atoms with E-state index in [1.54, 1.807) is 7.11 Å². The maximum absolute atomic E-state index is 12.0. The number of esters is 1. The largest absolute Gasteiger partial charge is 0.497 e. The van der Waals surface area contributed by atoms with Crippen LogP contribution in [0.3, 0.4) is 0 Å². The first-order chi connectivity index (χ1) is 9.74. The Hall–Kier alpha value is -1.77. The highest BCUT2D eigenvalue weighted by Crippen LogP contribution is 2.32. The molecule has 0 heterocycles. The van der Waals surface area contributed by atoms with Gasteiger partial charge < -0.3 is 9.47 Å². The fourth-order valence-electron chi connectivity index (χ4n) is 2.64. The summed E-state index contributed by atoms with van der Waals surface area (Å²) in [5, 5.41) is 0. The minimum absolute atomic E-state index is 0.0641. The molecule has 1 aliphatic rings. The quantitative estimate of drug-likeness (QED) is 0.783. The highest BCUT2D eigenvalue weighted by atomic mass is 16.5. The van der Waals surface area contributed by atoms with E-state index in [1.807, 2.05) is 31.2 Å². The van der Waals surface area contributed by atoms with Gasteiger partial charge in [0.1, 0.15) is 5.75 Å². The molecule has 0 radical (unpaired) electrons. The molecule has 1 fully saturated rings.